The van der Waals surface area contributed by atoms with Crippen LogP contribution in [0.4, 0.5) is 0 Å². The van der Waals surface area contributed by atoms with E-state index in [0.29, 0.717) is 12.3 Å². The van der Waals surface area contributed by atoms with Crippen LogP contribution in [0.5, 0.6) is 0 Å². The van der Waals surface area contributed by atoms with E-state index in [1.54, 1.807) is 0 Å². The molecule has 1 aromatic rings. The molecule has 19 heavy (non-hydrogen) atoms. The third-order valence-corrected chi connectivity index (χ3v) is 3.60. The van der Waals surface area contributed by atoms with E-state index in [0.717, 1.165) is 38.6 Å². The van der Waals surface area contributed by atoms with Crippen LogP contribution in [0, 0.1) is 0 Å². The summed E-state index contributed by atoms with van der Waals surface area (Å²) in [4.78, 5) is 2.45. The molecule has 2 heterocycles. The predicted molar refractivity (Wildman–Crippen MR) is 72.8 cm³/mol. The minimum atomic E-state index is -0.0424. The van der Waals surface area contributed by atoms with Gasteiger partial charge in [0.1, 0.15) is 18.1 Å². The highest BCUT2D eigenvalue weighted by atomic mass is 16.5. The Morgan fingerprint density at radius 2 is 1.95 bits per heavy atom. The molecule has 0 amide bonds. The third kappa shape index (κ3) is 4.04. The highest BCUT2D eigenvalue weighted by Gasteiger charge is 2.27. The van der Waals surface area contributed by atoms with Gasteiger partial charge in [-0.2, -0.15) is 0 Å². The SMILES string of the molecule is CC(C)(CNCc1ccc(CO)o1)N1CCOCC1. The number of furan rings is 1. The Kier molecular flexibility index (Phi) is 4.99. The molecule has 1 aromatic heterocycles. The molecule has 2 N–H and O–H groups in total. The number of nitrogens with zero attached hydrogens (tertiary/aromatic N) is 1. The largest absolute Gasteiger partial charge is 0.462 e. The minimum Gasteiger partial charge on any atom is -0.462 e. The number of ether oxygens (including phenoxy) is 1. The highest BCUT2D eigenvalue weighted by Crippen LogP contribution is 2.15. The van der Waals surface area contributed by atoms with Crippen molar-refractivity contribution in [3.63, 3.8) is 0 Å². The second-order valence-corrected chi connectivity index (χ2v) is 5.54. The average molecular weight is 268 g/mol. The summed E-state index contributed by atoms with van der Waals surface area (Å²) < 4.78 is 10.8. The molecule has 0 radical (unpaired) electrons. The van der Waals surface area contributed by atoms with E-state index in [4.69, 9.17) is 14.3 Å². The number of rotatable bonds is 6. The molecule has 1 fully saturated rings. The van der Waals surface area contributed by atoms with Crippen molar-refractivity contribution in [1.82, 2.24) is 10.2 Å². The van der Waals surface area contributed by atoms with Gasteiger partial charge in [-0.05, 0) is 26.0 Å². The summed E-state index contributed by atoms with van der Waals surface area (Å²) in [6.45, 7) is 9.64. The molecule has 108 valence electrons. The van der Waals surface area contributed by atoms with Crippen molar-refractivity contribution in [3.8, 4) is 0 Å². The Morgan fingerprint density at radius 3 is 2.58 bits per heavy atom. The quantitative estimate of drug-likeness (QED) is 0.805. The molecule has 1 aliphatic heterocycles. The van der Waals surface area contributed by atoms with Crippen molar-refractivity contribution < 1.29 is 14.3 Å². The van der Waals surface area contributed by atoms with Crippen molar-refractivity contribution in [1.29, 1.82) is 0 Å². The molecule has 1 saturated heterocycles. The van der Waals surface area contributed by atoms with Crippen LogP contribution < -0.4 is 5.32 Å². The molecule has 5 nitrogen and oxygen atoms in total. The minimum absolute atomic E-state index is 0.0424. The first-order valence-corrected chi connectivity index (χ1v) is 6.84. The molecule has 0 atom stereocenters. The van der Waals surface area contributed by atoms with Crippen LogP contribution in [-0.2, 0) is 17.9 Å². The van der Waals surface area contributed by atoms with Gasteiger partial charge in [0, 0.05) is 25.2 Å². The molecule has 0 aliphatic carbocycles. The highest BCUT2D eigenvalue weighted by molar-refractivity contribution is 5.06. The summed E-state index contributed by atoms with van der Waals surface area (Å²) >= 11 is 0. The van der Waals surface area contributed by atoms with E-state index < -0.39 is 0 Å². The van der Waals surface area contributed by atoms with E-state index >= 15 is 0 Å². The fraction of sp³-hybridized carbons (Fsp3) is 0.714. The standard InChI is InChI=1S/C14H24N2O3/c1-14(2,16-5-7-18-8-6-16)11-15-9-12-3-4-13(10-17)19-12/h3-4,15,17H,5-11H2,1-2H3. The maximum absolute atomic E-state index is 8.94. The summed E-state index contributed by atoms with van der Waals surface area (Å²) in [6, 6.07) is 3.71. The van der Waals surface area contributed by atoms with Crippen LogP contribution in [0.15, 0.2) is 16.5 Å². The van der Waals surface area contributed by atoms with Gasteiger partial charge in [0.25, 0.3) is 0 Å². The maximum atomic E-state index is 8.94. The Hall–Kier alpha value is -0.880. The van der Waals surface area contributed by atoms with Crippen LogP contribution in [0.2, 0.25) is 0 Å². The van der Waals surface area contributed by atoms with E-state index in [1.807, 2.05) is 12.1 Å². The summed E-state index contributed by atoms with van der Waals surface area (Å²) in [5.74, 6) is 1.48. The van der Waals surface area contributed by atoms with E-state index in [-0.39, 0.29) is 12.1 Å². The number of nitrogens with one attached hydrogen (secondary N) is 1. The van der Waals surface area contributed by atoms with Gasteiger partial charge in [0.2, 0.25) is 0 Å². The molecule has 0 bridgehead atoms. The zero-order chi connectivity index (χ0) is 13.7. The van der Waals surface area contributed by atoms with Crippen LogP contribution in [-0.4, -0.2) is 48.4 Å². The summed E-state index contributed by atoms with van der Waals surface area (Å²) in [6.07, 6.45) is 0. The van der Waals surface area contributed by atoms with Gasteiger partial charge >= 0.3 is 0 Å². The summed E-state index contributed by atoms with van der Waals surface area (Å²) in [5, 5.41) is 12.4. The van der Waals surface area contributed by atoms with Crippen molar-refractivity contribution in [2.45, 2.75) is 32.5 Å². The van der Waals surface area contributed by atoms with Crippen LogP contribution in [0.3, 0.4) is 0 Å². The Bertz CT molecular complexity index is 384. The van der Waals surface area contributed by atoms with E-state index in [1.165, 1.54) is 0 Å². The van der Waals surface area contributed by atoms with Gasteiger partial charge in [0.15, 0.2) is 0 Å². The van der Waals surface area contributed by atoms with Gasteiger partial charge in [-0.3, -0.25) is 4.90 Å². The zero-order valence-electron chi connectivity index (χ0n) is 11.8. The Morgan fingerprint density at radius 1 is 1.26 bits per heavy atom. The van der Waals surface area contributed by atoms with Crippen molar-refractivity contribution in [2.24, 2.45) is 0 Å². The van der Waals surface area contributed by atoms with Gasteiger partial charge in [-0.25, -0.2) is 0 Å². The van der Waals surface area contributed by atoms with Gasteiger partial charge in [-0.1, -0.05) is 0 Å². The van der Waals surface area contributed by atoms with Gasteiger partial charge in [-0.15, -0.1) is 0 Å². The fourth-order valence-electron chi connectivity index (χ4n) is 2.37. The first-order chi connectivity index (χ1) is 9.12. The van der Waals surface area contributed by atoms with Crippen molar-refractivity contribution >= 4 is 0 Å². The topological polar surface area (TPSA) is 57.9 Å². The number of hydrogen-bond donors (Lipinski definition) is 2. The Labute approximate surface area is 114 Å². The smallest absolute Gasteiger partial charge is 0.129 e. The number of aliphatic hydroxyl groups is 1. The summed E-state index contributed by atoms with van der Waals surface area (Å²) in [5.41, 5.74) is 0.107. The molecule has 1 aliphatic rings. The zero-order valence-corrected chi connectivity index (χ0v) is 11.8. The molecular formula is C14H24N2O3. The predicted octanol–water partition coefficient (Wildman–Crippen LogP) is 0.972. The summed E-state index contributed by atoms with van der Waals surface area (Å²) in [7, 11) is 0. The van der Waals surface area contributed by atoms with Gasteiger partial charge < -0.3 is 19.6 Å². The lowest BCUT2D eigenvalue weighted by molar-refractivity contribution is -0.00977. The van der Waals surface area contributed by atoms with Crippen molar-refractivity contribution in [2.75, 3.05) is 32.8 Å². The second-order valence-electron chi connectivity index (χ2n) is 5.54. The first kappa shape index (κ1) is 14.5. The molecule has 0 aromatic carbocycles. The number of hydrogen-bond acceptors (Lipinski definition) is 5. The maximum Gasteiger partial charge on any atom is 0.129 e. The van der Waals surface area contributed by atoms with Crippen LogP contribution in [0.1, 0.15) is 25.4 Å². The number of morpholine rings is 1. The molecule has 0 unspecified atom stereocenters. The lowest BCUT2D eigenvalue weighted by Crippen LogP contribution is -2.54. The van der Waals surface area contributed by atoms with Gasteiger partial charge in [0.05, 0.1) is 19.8 Å². The molecule has 2 rings (SSSR count). The van der Waals surface area contributed by atoms with Crippen LogP contribution in [0.25, 0.3) is 0 Å². The lowest BCUT2D eigenvalue weighted by atomic mass is 10.0. The normalized spacial score (nSPS) is 17.8. The Balaban J connectivity index is 1.77. The molecule has 5 heteroatoms. The fourth-order valence-corrected chi connectivity index (χ4v) is 2.37. The van der Waals surface area contributed by atoms with E-state index in [9.17, 15) is 0 Å². The van der Waals surface area contributed by atoms with E-state index in [2.05, 4.69) is 24.1 Å². The lowest BCUT2D eigenvalue weighted by Gasteiger charge is -2.41. The first-order valence-electron chi connectivity index (χ1n) is 6.84. The number of aliphatic hydroxyl groups excluding tert-OH is 1. The molecule has 0 saturated carbocycles. The third-order valence-electron chi connectivity index (χ3n) is 3.60. The average Bonchev–Trinajstić information content (AvgIpc) is 2.87. The molecule has 0 spiro atoms. The second kappa shape index (κ2) is 6.52. The van der Waals surface area contributed by atoms with Crippen molar-refractivity contribution in [3.05, 3.63) is 23.7 Å². The monoisotopic (exact) mass is 268 g/mol. The van der Waals surface area contributed by atoms with Crippen LogP contribution >= 0.6 is 0 Å². The molecular weight excluding hydrogens is 244 g/mol.